The molecule has 0 unspecified atom stereocenters. The highest BCUT2D eigenvalue weighted by Crippen LogP contribution is 2.28. The minimum Gasteiger partial charge on any atom is -0.495 e. The molecular weight excluding hydrogens is 364 g/mol. The number of rotatable bonds is 7. The normalized spacial score (nSPS) is 15.0. The number of anilines is 1. The molecule has 1 aliphatic rings. The molecule has 6 heteroatoms. The van der Waals surface area contributed by atoms with Crippen molar-refractivity contribution in [3.05, 3.63) is 65.1 Å². The van der Waals surface area contributed by atoms with Gasteiger partial charge in [0.15, 0.2) is 0 Å². The Morgan fingerprint density at radius 2 is 1.66 bits per heavy atom. The van der Waals surface area contributed by atoms with Crippen molar-refractivity contribution in [3.8, 4) is 5.75 Å². The average Bonchev–Trinajstić information content (AvgIpc) is 2.78. The molecule has 0 N–H and O–H groups in total. The first-order valence-corrected chi connectivity index (χ1v) is 10.3. The van der Waals surface area contributed by atoms with Crippen LogP contribution in [0.5, 0.6) is 5.75 Å². The zero-order valence-electron chi connectivity index (χ0n) is 17.0. The average molecular weight is 393 g/mol. The van der Waals surface area contributed by atoms with Crippen molar-refractivity contribution >= 4 is 16.7 Å². The van der Waals surface area contributed by atoms with E-state index < -0.39 is 0 Å². The molecule has 1 saturated heterocycles. The van der Waals surface area contributed by atoms with Gasteiger partial charge < -0.3 is 14.2 Å². The number of ether oxygens (including phenoxy) is 1. The molecule has 2 aromatic carbocycles. The van der Waals surface area contributed by atoms with Crippen LogP contribution in [0.2, 0.25) is 0 Å². The van der Waals surface area contributed by atoms with Crippen LogP contribution in [0.1, 0.15) is 12.8 Å². The van der Waals surface area contributed by atoms with E-state index in [1.807, 2.05) is 41.0 Å². The van der Waals surface area contributed by atoms with Gasteiger partial charge in [0.2, 0.25) is 0 Å². The molecular formula is C23H28N4O2. The summed E-state index contributed by atoms with van der Waals surface area (Å²) in [7, 11) is 1.73. The van der Waals surface area contributed by atoms with E-state index in [9.17, 15) is 4.79 Å². The SMILES string of the molecule is COc1ccccc1N1CCN(CCCCn2c(=O)cnc3ccccc32)CC1. The lowest BCUT2D eigenvalue weighted by atomic mass is 10.2. The predicted molar refractivity (Wildman–Crippen MR) is 117 cm³/mol. The second-order valence-corrected chi connectivity index (χ2v) is 7.44. The van der Waals surface area contributed by atoms with Gasteiger partial charge in [-0.2, -0.15) is 0 Å². The summed E-state index contributed by atoms with van der Waals surface area (Å²) in [6.45, 7) is 5.93. The lowest BCUT2D eigenvalue weighted by Crippen LogP contribution is -2.46. The lowest BCUT2D eigenvalue weighted by Gasteiger charge is -2.36. The highest BCUT2D eigenvalue weighted by Gasteiger charge is 2.19. The molecule has 29 heavy (non-hydrogen) atoms. The fraction of sp³-hybridized carbons (Fsp3) is 0.391. The Morgan fingerprint density at radius 1 is 0.931 bits per heavy atom. The Labute approximate surface area is 171 Å². The Morgan fingerprint density at radius 3 is 2.48 bits per heavy atom. The van der Waals surface area contributed by atoms with Gasteiger partial charge in [0, 0.05) is 32.7 Å². The molecule has 0 radical (unpaired) electrons. The predicted octanol–water partition coefficient (Wildman–Crippen LogP) is 3.01. The molecule has 0 bridgehead atoms. The van der Waals surface area contributed by atoms with Crippen molar-refractivity contribution in [3.63, 3.8) is 0 Å². The third kappa shape index (κ3) is 4.43. The number of piperazine rings is 1. The smallest absolute Gasteiger partial charge is 0.269 e. The van der Waals surface area contributed by atoms with Crippen LogP contribution in [0.4, 0.5) is 5.69 Å². The summed E-state index contributed by atoms with van der Waals surface area (Å²) >= 11 is 0. The third-order valence-corrected chi connectivity index (χ3v) is 5.66. The maximum atomic E-state index is 12.2. The van der Waals surface area contributed by atoms with E-state index in [-0.39, 0.29) is 5.56 Å². The van der Waals surface area contributed by atoms with Crippen LogP contribution in [-0.4, -0.2) is 54.3 Å². The fourth-order valence-electron chi connectivity index (χ4n) is 4.05. The van der Waals surface area contributed by atoms with Crippen LogP contribution in [-0.2, 0) is 6.54 Å². The van der Waals surface area contributed by atoms with E-state index in [4.69, 9.17) is 4.74 Å². The van der Waals surface area contributed by atoms with Gasteiger partial charge in [-0.1, -0.05) is 24.3 Å². The van der Waals surface area contributed by atoms with E-state index in [1.165, 1.54) is 11.9 Å². The highest BCUT2D eigenvalue weighted by molar-refractivity contribution is 5.74. The Kier molecular flexibility index (Phi) is 6.10. The number of aromatic nitrogens is 2. The summed E-state index contributed by atoms with van der Waals surface area (Å²) in [5.74, 6) is 0.941. The molecule has 1 aromatic heterocycles. The van der Waals surface area contributed by atoms with Gasteiger partial charge >= 0.3 is 0 Å². The lowest BCUT2D eigenvalue weighted by molar-refractivity contribution is 0.250. The molecule has 3 aromatic rings. The van der Waals surface area contributed by atoms with Gasteiger partial charge in [0.05, 0.1) is 30.0 Å². The van der Waals surface area contributed by atoms with Gasteiger partial charge in [0.1, 0.15) is 5.75 Å². The van der Waals surface area contributed by atoms with Crippen molar-refractivity contribution in [2.75, 3.05) is 44.7 Å². The van der Waals surface area contributed by atoms with Gasteiger partial charge in [-0.3, -0.25) is 9.69 Å². The summed E-state index contributed by atoms with van der Waals surface area (Å²) in [4.78, 5) is 21.4. The number of para-hydroxylation sites is 4. The van der Waals surface area contributed by atoms with Crippen molar-refractivity contribution in [1.29, 1.82) is 0 Å². The molecule has 0 aliphatic carbocycles. The van der Waals surface area contributed by atoms with Crippen molar-refractivity contribution in [2.45, 2.75) is 19.4 Å². The first-order valence-electron chi connectivity index (χ1n) is 10.3. The number of nitrogens with zero attached hydrogens (tertiary/aromatic N) is 4. The van der Waals surface area contributed by atoms with Crippen LogP contribution >= 0.6 is 0 Å². The van der Waals surface area contributed by atoms with Crippen molar-refractivity contribution in [2.24, 2.45) is 0 Å². The standard InChI is InChI=1S/C23H28N4O2/c1-29-22-11-5-4-10-21(22)26-16-14-25(15-17-26)12-6-7-13-27-20-9-3-2-8-19(20)24-18-23(27)28/h2-5,8-11,18H,6-7,12-17H2,1H3. The molecule has 0 saturated carbocycles. The topological polar surface area (TPSA) is 50.6 Å². The molecule has 0 spiro atoms. The molecule has 1 aliphatic heterocycles. The zero-order valence-corrected chi connectivity index (χ0v) is 17.0. The Balaban J connectivity index is 1.27. The summed E-state index contributed by atoms with van der Waals surface area (Å²) in [5, 5.41) is 0. The van der Waals surface area contributed by atoms with Crippen LogP contribution < -0.4 is 15.2 Å². The van der Waals surface area contributed by atoms with Crippen LogP contribution in [0.25, 0.3) is 11.0 Å². The van der Waals surface area contributed by atoms with Gasteiger partial charge in [-0.15, -0.1) is 0 Å². The molecule has 1 fully saturated rings. The monoisotopic (exact) mass is 392 g/mol. The second-order valence-electron chi connectivity index (χ2n) is 7.44. The first-order chi connectivity index (χ1) is 14.3. The van der Waals surface area contributed by atoms with E-state index in [1.54, 1.807) is 7.11 Å². The molecule has 152 valence electrons. The van der Waals surface area contributed by atoms with E-state index >= 15 is 0 Å². The van der Waals surface area contributed by atoms with E-state index in [0.717, 1.165) is 68.9 Å². The summed E-state index contributed by atoms with van der Waals surface area (Å²) < 4.78 is 7.35. The fourth-order valence-corrected chi connectivity index (χ4v) is 4.05. The Bertz CT molecular complexity index is 1010. The number of methoxy groups -OCH3 is 1. The maximum Gasteiger partial charge on any atom is 0.269 e. The highest BCUT2D eigenvalue weighted by atomic mass is 16.5. The van der Waals surface area contributed by atoms with Gasteiger partial charge in [-0.05, 0) is 43.7 Å². The van der Waals surface area contributed by atoms with E-state index in [0.29, 0.717) is 0 Å². The zero-order chi connectivity index (χ0) is 20.1. The third-order valence-electron chi connectivity index (χ3n) is 5.66. The number of hydrogen-bond acceptors (Lipinski definition) is 5. The minimum absolute atomic E-state index is 0.0193. The second kappa shape index (κ2) is 9.09. The minimum atomic E-state index is -0.0193. The molecule has 0 amide bonds. The summed E-state index contributed by atoms with van der Waals surface area (Å²) in [6.07, 6.45) is 3.50. The largest absolute Gasteiger partial charge is 0.495 e. The van der Waals surface area contributed by atoms with Crippen molar-refractivity contribution < 1.29 is 4.74 Å². The number of aryl methyl sites for hydroxylation is 1. The molecule has 6 nitrogen and oxygen atoms in total. The van der Waals surface area contributed by atoms with Crippen LogP contribution in [0.15, 0.2) is 59.5 Å². The number of unbranched alkanes of at least 4 members (excludes halogenated alkanes) is 1. The number of hydrogen-bond donors (Lipinski definition) is 0. The molecule has 0 atom stereocenters. The van der Waals surface area contributed by atoms with E-state index in [2.05, 4.69) is 26.9 Å². The number of benzene rings is 2. The van der Waals surface area contributed by atoms with Crippen molar-refractivity contribution in [1.82, 2.24) is 14.5 Å². The van der Waals surface area contributed by atoms with Gasteiger partial charge in [0.25, 0.3) is 5.56 Å². The van der Waals surface area contributed by atoms with Gasteiger partial charge in [-0.25, -0.2) is 4.98 Å². The number of fused-ring (bicyclic) bond motifs is 1. The summed E-state index contributed by atoms with van der Waals surface area (Å²) in [5.41, 5.74) is 2.96. The quantitative estimate of drug-likeness (QED) is 0.579. The Hall–Kier alpha value is -2.86. The first kappa shape index (κ1) is 19.5. The summed E-state index contributed by atoms with van der Waals surface area (Å²) in [6, 6.07) is 16.1. The maximum absolute atomic E-state index is 12.2. The molecule has 4 rings (SSSR count). The van der Waals surface area contributed by atoms with Crippen LogP contribution in [0, 0.1) is 0 Å². The van der Waals surface area contributed by atoms with Crippen LogP contribution in [0.3, 0.4) is 0 Å². The molecule has 2 heterocycles.